The molecule has 2 nitrogen and oxygen atoms in total. The van der Waals surface area contributed by atoms with E-state index in [1.807, 2.05) is 30.3 Å². The molecule has 0 atom stereocenters. The van der Waals surface area contributed by atoms with E-state index >= 15 is 0 Å². The quantitative estimate of drug-likeness (QED) is 0.886. The zero-order chi connectivity index (χ0) is 14.4. The van der Waals surface area contributed by atoms with E-state index in [-0.39, 0.29) is 12.4 Å². The molecular formula is C16H19ClF2N2. The summed E-state index contributed by atoms with van der Waals surface area (Å²) in [5.41, 5.74) is 7.37. The number of nitrogens with two attached hydrogens (primary N) is 1. The normalized spacial score (nSPS) is 10.5. The lowest BCUT2D eigenvalue weighted by atomic mass is 10.1. The van der Waals surface area contributed by atoms with Crippen LogP contribution in [0.4, 0.5) is 8.78 Å². The monoisotopic (exact) mass is 312 g/mol. The van der Waals surface area contributed by atoms with E-state index in [1.165, 1.54) is 12.1 Å². The highest BCUT2D eigenvalue weighted by Crippen LogP contribution is 2.13. The minimum atomic E-state index is -0.549. The van der Waals surface area contributed by atoms with Crippen molar-refractivity contribution in [3.63, 3.8) is 0 Å². The van der Waals surface area contributed by atoms with Crippen molar-refractivity contribution in [3.05, 3.63) is 71.3 Å². The summed E-state index contributed by atoms with van der Waals surface area (Å²) in [5, 5.41) is 0. The molecule has 0 spiro atoms. The van der Waals surface area contributed by atoms with Gasteiger partial charge >= 0.3 is 0 Å². The number of benzene rings is 2. The molecule has 21 heavy (non-hydrogen) atoms. The third-order valence-corrected chi connectivity index (χ3v) is 3.02. The Labute approximate surface area is 130 Å². The van der Waals surface area contributed by atoms with E-state index in [1.54, 1.807) is 0 Å². The smallest absolute Gasteiger partial charge is 0.126 e. The van der Waals surface area contributed by atoms with Crippen LogP contribution < -0.4 is 5.73 Å². The van der Waals surface area contributed by atoms with E-state index in [2.05, 4.69) is 4.90 Å². The van der Waals surface area contributed by atoms with E-state index < -0.39 is 11.6 Å². The number of rotatable bonds is 6. The Morgan fingerprint density at radius 2 is 1.43 bits per heavy atom. The maximum Gasteiger partial charge on any atom is 0.126 e. The van der Waals surface area contributed by atoms with Gasteiger partial charge in [-0.05, 0) is 23.3 Å². The minimum Gasteiger partial charge on any atom is -0.329 e. The number of hydrogen-bond acceptors (Lipinski definition) is 2. The second kappa shape index (κ2) is 8.72. The molecule has 0 aromatic heterocycles. The zero-order valence-electron chi connectivity index (χ0n) is 11.6. The van der Waals surface area contributed by atoms with Gasteiger partial charge in [-0.1, -0.05) is 30.3 Å². The third kappa shape index (κ3) is 5.79. The van der Waals surface area contributed by atoms with Crippen LogP contribution in [0.25, 0.3) is 0 Å². The van der Waals surface area contributed by atoms with Crippen molar-refractivity contribution in [2.24, 2.45) is 5.73 Å². The molecule has 5 heteroatoms. The molecule has 0 radical (unpaired) electrons. The van der Waals surface area contributed by atoms with Crippen molar-refractivity contribution in [2.45, 2.75) is 13.1 Å². The highest BCUT2D eigenvalue weighted by Gasteiger charge is 2.08. The van der Waals surface area contributed by atoms with Crippen LogP contribution in [0, 0.1) is 11.6 Å². The summed E-state index contributed by atoms with van der Waals surface area (Å²) in [7, 11) is 0. The molecule has 2 aromatic rings. The number of hydrogen-bond donors (Lipinski definition) is 1. The molecule has 0 aliphatic rings. The maximum atomic E-state index is 13.2. The fourth-order valence-corrected chi connectivity index (χ4v) is 2.20. The SMILES string of the molecule is Cl.NCCN(Cc1ccccc1)Cc1cc(F)cc(F)c1. The van der Waals surface area contributed by atoms with Gasteiger partial charge < -0.3 is 5.73 Å². The van der Waals surface area contributed by atoms with Gasteiger partial charge in [0.25, 0.3) is 0 Å². The highest BCUT2D eigenvalue weighted by molar-refractivity contribution is 5.85. The molecule has 0 aliphatic heterocycles. The standard InChI is InChI=1S/C16H18F2N2.ClH/c17-15-8-14(9-16(18)10-15)12-20(7-6-19)11-13-4-2-1-3-5-13;/h1-5,8-10H,6-7,11-12,19H2;1H. The van der Waals surface area contributed by atoms with Gasteiger partial charge in [-0.3, -0.25) is 4.90 Å². The van der Waals surface area contributed by atoms with Gasteiger partial charge in [-0.15, -0.1) is 12.4 Å². The van der Waals surface area contributed by atoms with Crippen LogP contribution in [0.2, 0.25) is 0 Å². The first-order chi connectivity index (χ1) is 9.67. The predicted octanol–water partition coefficient (Wildman–Crippen LogP) is 3.35. The molecule has 0 heterocycles. The predicted molar refractivity (Wildman–Crippen MR) is 83.2 cm³/mol. The summed E-state index contributed by atoms with van der Waals surface area (Å²) >= 11 is 0. The number of halogens is 3. The molecule has 0 fully saturated rings. The Hall–Kier alpha value is -1.49. The topological polar surface area (TPSA) is 29.3 Å². The van der Waals surface area contributed by atoms with E-state index in [4.69, 9.17) is 5.73 Å². The molecule has 2 rings (SSSR count). The molecule has 0 amide bonds. The van der Waals surface area contributed by atoms with Gasteiger partial charge in [0.2, 0.25) is 0 Å². The van der Waals surface area contributed by atoms with Crippen LogP contribution in [0.15, 0.2) is 48.5 Å². The van der Waals surface area contributed by atoms with Crippen molar-refractivity contribution in [1.82, 2.24) is 4.90 Å². The Bertz CT molecular complexity index is 529. The van der Waals surface area contributed by atoms with Crippen LogP contribution in [-0.4, -0.2) is 18.0 Å². The van der Waals surface area contributed by atoms with Crippen molar-refractivity contribution < 1.29 is 8.78 Å². The van der Waals surface area contributed by atoms with Crippen molar-refractivity contribution in [2.75, 3.05) is 13.1 Å². The van der Waals surface area contributed by atoms with Crippen molar-refractivity contribution in [3.8, 4) is 0 Å². The fraction of sp³-hybridized carbons (Fsp3) is 0.250. The lowest BCUT2D eigenvalue weighted by Crippen LogP contribution is -2.28. The summed E-state index contributed by atoms with van der Waals surface area (Å²) in [6, 6.07) is 13.5. The molecule has 0 aliphatic carbocycles. The van der Waals surface area contributed by atoms with Crippen LogP contribution >= 0.6 is 12.4 Å². The van der Waals surface area contributed by atoms with Crippen LogP contribution in [0.1, 0.15) is 11.1 Å². The molecule has 0 bridgehead atoms. The molecule has 0 unspecified atom stereocenters. The Morgan fingerprint density at radius 1 is 0.857 bits per heavy atom. The van der Waals surface area contributed by atoms with Gasteiger partial charge in [0.15, 0.2) is 0 Å². The highest BCUT2D eigenvalue weighted by atomic mass is 35.5. The summed E-state index contributed by atoms with van der Waals surface area (Å²) in [6.45, 7) is 2.36. The lowest BCUT2D eigenvalue weighted by Gasteiger charge is -2.22. The lowest BCUT2D eigenvalue weighted by molar-refractivity contribution is 0.263. The van der Waals surface area contributed by atoms with Gasteiger partial charge in [0.05, 0.1) is 0 Å². The minimum absolute atomic E-state index is 0. The number of nitrogens with zero attached hydrogens (tertiary/aromatic N) is 1. The molecule has 0 saturated heterocycles. The largest absolute Gasteiger partial charge is 0.329 e. The second-order valence-corrected chi connectivity index (χ2v) is 4.76. The molecule has 2 N–H and O–H groups in total. The Morgan fingerprint density at radius 3 is 2.00 bits per heavy atom. The Balaban J connectivity index is 0.00000220. The van der Waals surface area contributed by atoms with E-state index in [9.17, 15) is 8.78 Å². The maximum absolute atomic E-state index is 13.2. The molecular weight excluding hydrogens is 294 g/mol. The molecule has 114 valence electrons. The molecule has 2 aromatic carbocycles. The summed E-state index contributed by atoms with van der Waals surface area (Å²) in [5.74, 6) is -1.10. The zero-order valence-corrected chi connectivity index (χ0v) is 12.5. The van der Waals surface area contributed by atoms with Gasteiger partial charge in [-0.25, -0.2) is 8.78 Å². The molecule has 0 saturated carbocycles. The Kier molecular flexibility index (Phi) is 7.29. The van der Waals surface area contributed by atoms with Crippen molar-refractivity contribution in [1.29, 1.82) is 0 Å². The fourth-order valence-electron chi connectivity index (χ4n) is 2.20. The summed E-state index contributed by atoms with van der Waals surface area (Å²) < 4.78 is 26.4. The van der Waals surface area contributed by atoms with Crippen LogP contribution in [0.3, 0.4) is 0 Å². The first-order valence-corrected chi connectivity index (χ1v) is 6.58. The van der Waals surface area contributed by atoms with Crippen molar-refractivity contribution >= 4 is 12.4 Å². The second-order valence-electron chi connectivity index (χ2n) is 4.76. The average Bonchev–Trinajstić information content (AvgIpc) is 2.39. The third-order valence-electron chi connectivity index (χ3n) is 3.02. The van der Waals surface area contributed by atoms with Crippen LogP contribution in [-0.2, 0) is 13.1 Å². The van der Waals surface area contributed by atoms with Gasteiger partial charge in [0, 0.05) is 32.2 Å². The summed E-state index contributed by atoms with van der Waals surface area (Å²) in [4.78, 5) is 2.07. The average molecular weight is 313 g/mol. The van der Waals surface area contributed by atoms with Crippen LogP contribution in [0.5, 0.6) is 0 Å². The first kappa shape index (κ1) is 17.6. The van der Waals surface area contributed by atoms with Gasteiger partial charge in [0.1, 0.15) is 11.6 Å². The summed E-state index contributed by atoms with van der Waals surface area (Å²) in [6.07, 6.45) is 0. The van der Waals surface area contributed by atoms with E-state index in [0.717, 1.165) is 11.6 Å². The first-order valence-electron chi connectivity index (χ1n) is 6.58. The van der Waals surface area contributed by atoms with Gasteiger partial charge in [-0.2, -0.15) is 0 Å². The van der Waals surface area contributed by atoms with E-state index in [0.29, 0.717) is 31.7 Å².